The molecule has 2 N–H and O–H groups in total. The average molecular weight is 377 g/mol. The van der Waals surface area contributed by atoms with E-state index in [-0.39, 0.29) is 23.4 Å². The molecule has 0 heterocycles. The Labute approximate surface area is 141 Å². The second-order valence-corrected chi connectivity index (χ2v) is 6.24. The lowest BCUT2D eigenvalue weighted by Crippen LogP contribution is -2.21. The smallest absolute Gasteiger partial charge is 0.228 e. The number of hydrogen-bond donors (Lipinski definition) is 2. The Kier molecular flexibility index (Phi) is 4.43. The fourth-order valence-electron chi connectivity index (χ4n) is 2.35. The number of hydrogen-bond acceptors (Lipinski definition) is 2. The van der Waals surface area contributed by atoms with E-state index >= 15 is 0 Å². The minimum atomic E-state index is -0.490. The zero-order valence-electron chi connectivity index (χ0n) is 12.1. The molecule has 0 bridgehead atoms. The Hall–Kier alpha value is -2.21. The summed E-state index contributed by atoms with van der Waals surface area (Å²) in [6, 6.07) is 13.2. The van der Waals surface area contributed by atoms with Crippen molar-refractivity contribution in [2.24, 2.45) is 11.8 Å². The molecule has 1 saturated carbocycles. The van der Waals surface area contributed by atoms with Crippen LogP contribution in [0.3, 0.4) is 0 Å². The minimum Gasteiger partial charge on any atom is -0.325 e. The van der Waals surface area contributed by atoms with E-state index in [2.05, 4.69) is 26.6 Å². The standard InChI is InChI=1S/C17H14BrFN2O2/c18-12-5-1-3-7-14(12)20-16(22)10-9-11(10)17(23)21-15-8-4-2-6-13(15)19/h1-8,10-11H,9H2,(H,20,22)(H,21,23). The third kappa shape index (κ3) is 3.59. The molecule has 2 aromatic rings. The summed E-state index contributed by atoms with van der Waals surface area (Å²) < 4.78 is 14.3. The Balaban J connectivity index is 1.58. The van der Waals surface area contributed by atoms with Gasteiger partial charge in [-0.3, -0.25) is 9.59 Å². The van der Waals surface area contributed by atoms with E-state index < -0.39 is 11.7 Å². The largest absolute Gasteiger partial charge is 0.325 e. The van der Waals surface area contributed by atoms with E-state index in [1.165, 1.54) is 12.1 Å². The Morgan fingerprint density at radius 3 is 2.04 bits per heavy atom. The quantitative estimate of drug-likeness (QED) is 0.852. The number of nitrogens with one attached hydrogen (secondary N) is 2. The van der Waals surface area contributed by atoms with E-state index in [1.807, 2.05) is 18.2 Å². The molecule has 1 fully saturated rings. The van der Waals surface area contributed by atoms with Crippen LogP contribution in [0.25, 0.3) is 0 Å². The number of halogens is 2. The maximum atomic E-state index is 13.5. The third-order valence-corrected chi connectivity index (χ3v) is 4.42. The zero-order chi connectivity index (χ0) is 16.4. The van der Waals surface area contributed by atoms with Crippen molar-refractivity contribution in [3.05, 3.63) is 58.8 Å². The predicted molar refractivity (Wildman–Crippen MR) is 89.4 cm³/mol. The van der Waals surface area contributed by atoms with Crippen molar-refractivity contribution < 1.29 is 14.0 Å². The highest BCUT2D eigenvalue weighted by molar-refractivity contribution is 9.10. The summed E-state index contributed by atoms with van der Waals surface area (Å²) >= 11 is 3.35. The van der Waals surface area contributed by atoms with Crippen molar-refractivity contribution in [2.45, 2.75) is 6.42 Å². The first kappa shape index (κ1) is 15.7. The molecule has 1 aliphatic rings. The number of carbonyl (C=O) groups is 2. The van der Waals surface area contributed by atoms with Gasteiger partial charge in [0.1, 0.15) is 5.82 Å². The van der Waals surface area contributed by atoms with Gasteiger partial charge in [-0.15, -0.1) is 0 Å². The number of rotatable bonds is 4. The molecular formula is C17H14BrFN2O2. The number of para-hydroxylation sites is 2. The first-order valence-electron chi connectivity index (χ1n) is 7.17. The summed E-state index contributed by atoms with van der Waals surface area (Å²) in [5.41, 5.74) is 0.798. The summed E-state index contributed by atoms with van der Waals surface area (Å²) in [6.45, 7) is 0. The monoisotopic (exact) mass is 376 g/mol. The number of carbonyl (C=O) groups excluding carboxylic acids is 2. The molecule has 2 atom stereocenters. The van der Waals surface area contributed by atoms with Crippen molar-refractivity contribution in [2.75, 3.05) is 10.6 Å². The first-order valence-corrected chi connectivity index (χ1v) is 7.96. The Bertz CT molecular complexity index is 702. The van der Waals surface area contributed by atoms with E-state index in [0.717, 1.165) is 4.47 Å². The van der Waals surface area contributed by atoms with E-state index in [1.54, 1.807) is 18.2 Å². The van der Waals surface area contributed by atoms with Crippen LogP contribution in [0.15, 0.2) is 53.0 Å². The predicted octanol–water partition coefficient (Wildman–Crippen LogP) is 3.80. The van der Waals surface area contributed by atoms with Crippen LogP contribution in [0, 0.1) is 17.7 Å². The van der Waals surface area contributed by atoms with E-state index in [9.17, 15) is 14.0 Å². The topological polar surface area (TPSA) is 58.2 Å². The average Bonchev–Trinajstić information content (AvgIpc) is 3.32. The van der Waals surface area contributed by atoms with Gasteiger partial charge in [-0.2, -0.15) is 0 Å². The lowest BCUT2D eigenvalue weighted by atomic mass is 10.2. The maximum absolute atomic E-state index is 13.5. The highest BCUT2D eigenvalue weighted by atomic mass is 79.9. The molecule has 4 nitrogen and oxygen atoms in total. The Morgan fingerprint density at radius 2 is 1.43 bits per heavy atom. The molecule has 6 heteroatoms. The van der Waals surface area contributed by atoms with Gasteiger partial charge in [-0.25, -0.2) is 4.39 Å². The summed E-state index contributed by atoms with van der Waals surface area (Å²) in [6.07, 6.45) is 0.469. The number of benzene rings is 2. The van der Waals surface area contributed by atoms with Gasteiger partial charge in [0, 0.05) is 4.47 Å². The van der Waals surface area contributed by atoms with Gasteiger partial charge in [0.15, 0.2) is 0 Å². The summed E-state index contributed by atoms with van der Waals surface area (Å²) in [4.78, 5) is 24.3. The summed E-state index contributed by atoms with van der Waals surface area (Å²) in [5, 5.41) is 5.32. The molecule has 0 spiro atoms. The van der Waals surface area contributed by atoms with Gasteiger partial charge in [0.25, 0.3) is 0 Å². The van der Waals surface area contributed by atoms with Crippen molar-refractivity contribution in [1.29, 1.82) is 0 Å². The zero-order valence-corrected chi connectivity index (χ0v) is 13.6. The van der Waals surface area contributed by atoms with Crippen molar-refractivity contribution in [3.8, 4) is 0 Å². The van der Waals surface area contributed by atoms with Crippen LogP contribution in [-0.2, 0) is 9.59 Å². The normalized spacial score (nSPS) is 19.0. The van der Waals surface area contributed by atoms with Gasteiger partial charge in [0.05, 0.1) is 23.2 Å². The number of amides is 2. The fourth-order valence-corrected chi connectivity index (χ4v) is 2.73. The minimum absolute atomic E-state index is 0.134. The van der Waals surface area contributed by atoms with Crippen LogP contribution >= 0.6 is 15.9 Å². The van der Waals surface area contributed by atoms with Crippen molar-refractivity contribution in [3.63, 3.8) is 0 Å². The van der Waals surface area contributed by atoms with Gasteiger partial charge in [-0.05, 0) is 46.6 Å². The van der Waals surface area contributed by atoms with Crippen LogP contribution in [0.5, 0.6) is 0 Å². The van der Waals surface area contributed by atoms with Crippen LogP contribution in [0.2, 0.25) is 0 Å². The second kappa shape index (κ2) is 6.50. The maximum Gasteiger partial charge on any atom is 0.228 e. The third-order valence-electron chi connectivity index (χ3n) is 3.73. The molecule has 118 valence electrons. The molecule has 2 unspecified atom stereocenters. The van der Waals surface area contributed by atoms with Crippen molar-refractivity contribution >= 4 is 39.1 Å². The molecule has 0 saturated heterocycles. The first-order chi connectivity index (χ1) is 11.1. The molecule has 0 aliphatic heterocycles. The molecule has 2 amide bonds. The van der Waals surface area contributed by atoms with Gasteiger partial charge in [0.2, 0.25) is 11.8 Å². The van der Waals surface area contributed by atoms with Gasteiger partial charge < -0.3 is 10.6 Å². The number of anilines is 2. The van der Waals surface area contributed by atoms with E-state index in [4.69, 9.17) is 0 Å². The van der Waals surface area contributed by atoms with Crippen LogP contribution in [-0.4, -0.2) is 11.8 Å². The second-order valence-electron chi connectivity index (χ2n) is 5.39. The summed E-state index contributed by atoms with van der Waals surface area (Å²) in [5.74, 6) is -1.82. The van der Waals surface area contributed by atoms with Gasteiger partial charge >= 0.3 is 0 Å². The molecule has 1 aliphatic carbocycles. The van der Waals surface area contributed by atoms with Crippen molar-refractivity contribution in [1.82, 2.24) is 0 Å². The molecule has 3 rings (SSSR count). The lowest BCUT2D eigenvalue weighted by molar-refractivity contribution is -0.122. The van der Waals surface area contributed by atoms with Crippen LogP contribution in [0.4, 0.5) is 15.8 Å². The SMILES string of the molecule is O=C(Nc1ccccc1F)C1CC1C(=O)Nc1ccccc1Br. The fraction of sp³-hybridized carbons (Fsp3) is 0.176. The highest BCUT2D eigenvalue weighted by Gasteiger charge is 2.48. The van der Waals surface area contributed by atoms with Gasteiger partial charge in [-0.1, -0.05) is 24.3 Å². The summed E-state index contributed by atoms with van der Waals surface area (Å²) in [7, 11) is 0. The van der Waals surface area contributed by atoms with E-state index in [0.29, 0.717) is 12.1 Å². The van der Waals surface area contributed by atoms with Crippen LogP contribution < -0.4 is 10.6 Å². The molecular weight excluding hydrogens is 363 g/mol. The molecule has 2 aromatic carbocycles. The molecule has 23 heavy (non-hydrogen) atoms. The molecule has 0 radical (unpaired) electrons. The Morgan fingerprint density at radius 1 is 0.913 bits per heavy atom. The van der Waals surface area contributed by atoms with Crippen LogP contribution in [0.1, 0.15) is 6.42 Å². The lowest BCUT2D eigenvalue weighted by Gasteiger charge is -2.08. The molecule has 0 aromatic heterocycles. The highest BCUT2D eigenvalue weighted by Crippen LogP contribution is 2.40.